The molecule has 3 aromatic rings. The first-order valence-electron chi connectivity index (χ1n) is 9.01. The third-order valence-corrected chi connectivity index (χ3v) is 4.90. The topological polar surface area (TPSA) is 60.0 Å². The van der Waals surface area contributed by atoms with Gasteiger partial charge in [-0.2, -0.15) is 5.10 Å². The molecule has 0 unspecified atom stereocenters. The van der Waals surface area contributed by atoms with Crippen LogP contribution in [0, 0.1) is 6.92 Å². The van der Waals surface area contributed by atoms with E-state index in [1.807, 2.05) is 73.7 Å². The molecule has 0 saturated carbocycles. The molecule has 3 rings (SSSR count). The van der Waals surface area contributed by atoms with E-state index in [-0.39, 0.29) is 0 Å². The molecule has 0 aliphatic heterocycles. The fourth-order valence-corrected chi connectivity index (χ4v) is 3.11. The van der Waals surface area contributed by atoms with Crippen LogP contribution < -0.4 is 10.5 Å². The molecule has 0 heterocycles. The van der Waals surface area contributed by atoms with Crippen LogP contribution >= 0.6 is 11.8 Å². The fourth-order valence-electron chi connectivity index (χ4n) is 2.50. The third-order valence-electron chi connectivity index (χ3n) is 4.04. The minimum Gasteiger partial charge on any atom is -0.489 e. The van der Waals surface area contributed by atoms with Crippen molar-refractivity contribution in [2.45, 2.75) is 19.3 Å². The van der Waals surface area contributed by atoms with Crippen LogP contribution in [0.5, 0.6) is 5.75 Å². The van der Waals surface area contributed by atoms with Crippen LogP contribution in [-0.4, -0.2) is 11.4 Å². The predicted molar refractivity (Wildman–Crippen MR) is 119 cm³/mol. The van der Waals surface area contributed by atoms with Crippen LogP contribution in [0.3, 0.4) is 0 Å². The van der Waals surface area contributed by atoms with Crippen molar-refractivity contribution in [1.29, 1.82) is 0 Å². The van der Waals surface area contributed by atoms with Crippen molar-refractivity contribution in [1.82, 2.24) is 0 Å². The van der Waals surface area contributed by atoms with Crippen LogP contribution in [0.15, 0.2) is 89.1 Å². The van der Waals surface area contributed by atoms with Gasteiger partial charge in [-0.3, -0.25) is 0 Å². The summed E-state index contributed by atoms with van der Waals surface area (Å²) >= 11 is 1.47. The first kappa shape index (κ1) is 19.7. The molecule has 0 saturated heterocycles. The van der Waals surface area contributed by atoms with E-state index in [9.17, 15) is 0 Å². The molecule has 28 heavy (non-hydrogen) atoms. The number of ether oxygens (including phenoxy) is 1. The monoisotopic (exact) mass is 389 g/mol. The van der Waals surface area contributed by atoms with Gasteiger partial charge in [-0.1, -0.05) is 84.6 Å². The van der Waals surface area contributed by atoms with Gasteiger partial charge in [0.1, 0.15) is 12.4 Å². The quantitative estimate of drug-likeness (QED) is 0.345. The van der Waals surface area contributed by atoms with Crippen LogP contribution in [0.4, 0.5) is 0 Å². The molecule has 3 aromatic carbocycles. The number of aryl methyl sites for hydroxylation is 1. The van der Waals surface area contributed by atoms with Crippen molar-refractivity contribution < 1.29 is 4.74 Å². The van der Waals surface area contributed by atoms with Gasteiger partial charge in [0, 0.05) is 5.75 Å². The van der Waals surface area contributed by atoms with Gasteiger partial charge < -0.3 is 10.5 Å². The highest BCUT2D eigenvalue weighted by atomic mass is 32.2. The number of thioether (sulfide) groups is 1. The molecule has 0 aliphatic carbocycles. The number of hydrogen-bond acceptors (Lipinski definition) is 4. The van der Waals surface area contributed by atoms with E-state index in [2.05, 4.69) is 22.3 Å². The number of nitrogens with zero attached hydrogens (tertiary/aromatic N) is 2. The Morgan fingerprint density at radius 3 is 2.36 bits per heavy atom. The SMILES string of the molecule is Cc1ccc(C=NN=C(N)SCc2ccccc2)cc1OCc1ccccc1. The Balaban J connectivity index is 1.57. The van der Waals surface area contributed by atoms with Gasteiger partial charge in [-0.15, -0.1) is 5.10 Å². The van der Waals surface area contributed by atoms with Gasteiger partial charge in [0.15, 0.2) is 5.17 Å². The molecule has 0 atom stereocenters. The Hall–Kier alpha value is -3.05. The van der Waals surface area contributed by atoms with Crippen molar-refractivity contribution in [2.24, 2.45) is 15.9 Å². The van der Waals surface area contributed by atoms with Gasteiger partial charge in [-0.25, -0.2) is 0 Å². The Labute approximate surface area is 170 Å². The number of rotatable bonds is 7. The fraction of sp³-hybridized carbons (Fsp3) is 0.130. The van der Waals surface area contributed by atoms with Crippen molar-refractivity contribution in [3.8, 4) is 5.75 Å². The average molecular weight is 390 g/mol. The minimum atomic E-state index is 0.438. The summed E-state index contributed by atoms with van der Waals surface area (Å²) in [6.45, 7) is 2.56. The van der Waals surface area contributed by atoms with Crippen molar-refractivity contribution in [3.63, 3.8) is 0 Å². The zero-order valence-electron chi connectivity index (χ0n) is 15.8. The zero-order valence-corrected chi connectivity index (χ0v) is 16.6. The molecule has 0 amide bonds. The Kier molecular flexibility index (Phi) is 7.27. The lowest BCUT2D eigenvalue weighted by molar-refractivity contribution is 0.304. The van der Waals surface area contributed by atoms with E-state index < -0.39 is 0 Å². The number of hydrogen-bond donors (Lipinski definition) is 1. The summed E-state index contributed by atoms with van der Waals surface area (Å²) in [7, 11) is 0. The summed E-state index contributed by atoms with van der Waals surface area (Å²) < 4.78 is 5.95. The van der Waals surface area contributed by atoms with Crippen LogP contribution in [0.25, 0.3) is 0 Å². The number of amidine groups is 1. The predicted octanol–water partition coefficient (Wildman–Crippen LogP) is 5.16. The van der Waals surface area contributed by atoms with Gasteiger partial charge >= 0.3 is 0 Å². The molecule has 142 valence electrons. The van der Waals surface area contributed by atoms with E-state index in [1.165, 1.54) is 17.3 Å². The smallest absolute Gasteiger partial charge is 0.180 e. The lowest BCUT2D eigenvalue weighted by atomic mass is 10.1. The second-order valence-electron chi connectivity index (χ2n) is 6.26. The summed E-state index contributed by atoms with van der Waals surface area (Å²) in [5.41, 5.74) is 10.3. The summed E-state index contributed by atoms with van der Waals surface area (Å²) in [5.74, 6) is 1.61. The molecule has 4 nitrogen and oxygen atoms in total. The standard InChI is InChI=1S/C23H23N3OS/c1-18-12-13-21(14-22(18)27-16-19-8-4-2-5-9-19)15-25-26-23(24)28-17-20-10-6-3-7-11-20/h2-15H,16-17H2,1H3,(H2,24,26). The van der Waals surface area contributed by atoms with Gasteiger partial charge in [0.05, 0.1) is 6.21 Å². The largest absolute Gasteiger partial charge is 0.489 e. The Morgan fingerprint density at radius 2 is 1.64 bits per heavy atom. The third kappa shape index (κ3) is 6.28. The number of nitrogens with two attached hydrogens (primary N) is 1. The first-order valence-corrected chi connectivity index (χ1v) is 10.00. The van der Waals surface area contributed by atoms with Crippen molar-refractivity contribution >= 4 is 23.1 Å². The van der Waals surface area contributed by atoms with Gasteiger partial charge in [-0.05, 0) is 35.2 Å². The van der Waals surface area contributed by atoms with Crippen LogP contribution in [0.1, 0.15) is 22.3 Å². The van der Waals surface area contributed by atoms with Crippen LogP contribution in [-0.2, 0) is 12.4 Å². The second-order valence-corrected chi connectivity index (χ2v) is 7.25. The molecule has 0 radical (unpaired) electrons. The second kappa shape index (κ2) is 10.3. The summed E-state index contributed by atoms with van der Waals surface area (Å²) in [5, 5.41) is 8.61. The van der Waals surface area contributed by atoms with E-state index in [4.69, 9.17) is 10.5 Å². The summed E-state index contributed by atoms with van der Waals surface area (Å²) in [4.78, 5) is 0. The normalized spacial score (nSPS) is 11.7. The van der Waals surface area contributed by atoms with E-state index >= 15 is 0 Å². The molecule has 2 N–H and O–H groups in total. The van der Waals surface area contributed by atoms with Gasteiger partial charge in [0.2, 0.25) is 0 Å². The Morgan fingerprint density at radius 1 is 0.964 bits per heavy atom. The number of benzene rings is 3. The molecular weight excluding hydrogens is 366 g/mol. The molecular formula is C23H23N3OS. The zero-order chi connectivity index (χ0) is 19.6. The van der Waals surface area contributed by atoms with E-state index in [1.54, 1.807) is 6.21 Å². The Bertz CT molecular complexity index is 941. The maximum absolute atomic E-state index is 5.95. The van der Waals surface area contributed by atoms with Crippen LogP contribution in [0.2, 0.25) is 0 Å². The molecule has 0 aromatic heterocycles. The highest BCUT2D eigenvalue weighted by molar-refractivity contribution is 8.13. The van der Waals surface area contributed by atoms with Crippen molar-refractivity contribution in [2.75, 3.05) is 0 Å². The lowest BCUT2D eigenvalue weighted by Gasteiger charge is -2.09. The molecule has 0 fully saturated rings. The lowest BCUT2D eigenvalue weighted by Crippen LogP contribution is -2.06. The highest BCUT2D eigenvalue weighted by Crippen LogP contribution is 2.20. The average Bonchev–Trinajstić information content (AvgIpc) is 2.74. The summed E-state index contributed by atoms with van der Waals surface area (Å²) in [6, 6.07) is 26.2. The highest BCUT2D eigenvalue weighted by Gasteiger charge is 2.02. The molecule has 0 aliphatic rings. The van der Waals surface area contributed by atoms with E-state index in [0.29, 0.717) is 11.8 Å². The van der Waals surface area contributed by atoms with Gasteiger partial charge in [0.25, 0.3) is 0 Å². The minimum absolute atomic E-state index is 0.438. The summed E-state index contributed by atoms with van der Waals surface area (Å²) in [6.07, 6.45) is 1.69. The molecule has 5 heteroatoms. The van der Waals surface area contributed by atoms with Crippen molar-refractivity contribution in [3.05, 3.63) is 101 Å². The molecule has 0 bridgehead atoms. The maximum Gasteiger partial charge on any atom is 0.180 e. The first-order chi connectivity index (χ1) is 13.7. The molecule has 0 spiro atoms. The maximum atomic E-state index is 5.95. The van der Waals surface area contributed by atoms with E-state index in [0.717, 1.165) is 28.2 Å².